The molecule has 0 radical (unpaired) electrons. The highest BCUT2D eigenvalue weighted by molar-refractivity contribution is 7.88. The zero-order valence-corrected chi connectivity index (χ0v) is 18.4. The Morgan fingerprint density at radius 1 is 1.13 bits per heavy atom. The standard InChI is InChI=1S/C21H30FN3O4S/c1-21(20(27)23-16-10-6-4-3-5-7-11-16)15-24(30(2,28)29)14-19(26)25(21)18-13-9-8-12-17(18)22/h8-9,12-13,16H,3-7,10-11,14-15H2,1-2H3,(H,23,27)/t21-/m1/s1. The van der Waals surface area contributed by atoms with Crippen molar-refractivity contribution in [1.29, 1.82) is 0 Å². The third-order valence-corrected chi connectivity index (χ3v) is 7.23. The van der Waals surface area contributed by atoms with Crippen molar-refractivity contribution in [1.82, 2.24) is 9.62 Å². The van der Waals surface area contributed by atoms with Crippen molar-refractivity contribution in [2.75, 3.05) is 24.2 Å². The Morgan fingerprint density at radius 2 is 1.73 bits per heavy atom. The van der Waals surface area contributed by atoms with Gasteiger partial charge in [0.1, 0.15) is 11.4 Å². The van der Waals surface area contributed by atoms with Crippen LogP contribution < -0.4 is 10.2 Å². The summed E-state index contributed by atoms with van der Waals surface area (Å²) in [6.07, 6.45) is 8.12. The highest BCUT2D eigenvalue weighted by atomic mass is 32.2. The van der Waals surface area contributed by atoms with Gasteiger partial charge in [0, 0.05) is 12.6 Å². The lowest BCUT2D eigenvalue weighted by Crippen LogP contribution is -2.70. The molecule has 0 aromatic heterocycles. The molecule has 1 N–H and O–H groups in total. The van der Waals surface area contributed by atoms with Gasteiger partial charge in [-0.3, -0.25) is 14.5 Å². The van der Waals surface area contributed by atoms with Gasteiger partial charge in [-0.25, -0.2) is 12.8 Å². The molecule has 1 heterocycles. The first-order valence-corrected chi connectivity index (χ1v) is 12.3. The Balaban J connectivity index is 1.95. The normalized spacial score (nSPS) is 24.9. The van der Waals surface area contributed by atoms with E-state index in [1.54, 1.807) is 6.07 Å². The highest BCUT2D eigenvalue weighted by Gasteiger charge is 2.51. The summed E-state index contributed by atoms with van der Waals surface area (Å²) in [6.45, 7) is 0.844. The molecule has 3 rings (SSSR count). The molecule has 0 unspecified atom stereocenters. The van der Waals surface area contributed by atoms with Gasteiger partial charge in [0.2, 0.25) is 21.8 Å². The third-order valence-electron chi connectivity index (χ3n) is 6.03. The first-order valence-electron chi connectivity index (χ1n) is 10.5. The number of rotatable bonds is 4. The fourth-order valence-electron chi connectivity index (χ4n) is 4.35. The van der Waals surface area contributed by atoms with Gasteiger partial charge in [-0.1, -0.05) is 44.2 Å². The van der Waals surface area contributed by atoms with Gasteiger partial charge in [0.15, 0.2) is 0 Å². The van der Waals surface area contributed by atoms with Crippen LogP contribution in [0.4, 0.5) is 10.1 Å². The average molecular weight is 440 g/mol. The van der Waals surface area contributed by atoms with Crippen LogP contribution in [0.3, 0.4) is 0 Å². The molecule has 166 valence electrons. The minimum absolute atomic E-state index is 0.0223. The molecular weight excluding hydrogens is 409 g/mol. The van der Waals surface area contributed by atoms with Gasteiger partial charge in [-0.15, -0.1) is 0 Å². The van der Waals surface area contributed by atoms with Crippen molar-refractivity contribution in [3.05, 3.63) is 30.1 Å². The van der Waals surface area contributed by atoms with Crippen molar-refractivity contribution in [3.63, 3.8) is 0 Å². The summed E-state index contributed by atoms with van der Waals surface area (Å²) in [4.78, 5) is 27.6. The molecule has 1 aliphatic carbocycles. The number of para-hydroxylation sites is 1. The number of piperazine rings is 1. The summed E-state index contributed by atoms with van der Waals surface area (Å²) in [5.41, 5.74) is -1.59. The number of anilines is 1. The smallest absolute Gasteiger partial charge is 0.247 e. The number of nitrogens with one attached hydrogen (secondary N) is 1. The lowest BCUT2D eigenvalue weighted by Gasteiger charge is -2.47. The Labute approximate surface area is 177 Å². The molecular formula is C21H30FN3O4S. The monoisotopic (exact) mass is 439 g/mol. The van der Waals surface area contributed by atoms with E-state index in [-0.39, 0.29) is 18.3 Å². The maximum atomic E-state index is 14.6. The Morgan fingerprint density at radius 3 is 2.33 bits per heavy atom. The van der Waals surface area contributed by atoms with Crippen LogP contribution in [0.2, 0.25) is 0 Å². The molecule has 1 atom stereocenters. The number of carbonyl (C=O) groups excluding carboxylic acids is 2. The Hall–Kier alpha value is -2.00. The fraction of sp³-hybridized carbons (Fsp3) is 0.619. The molecule has 1 saturated heterocycles. The second-order valence-electron chi connectivity index (χ2n) is 8.50. The molecule has 0 spiro atoms. The van der Waals surface area contributed by atoms with E-state index >= 15 is 0 Å². The number of halogens is 1. The van der Waals surface area contributed by atoms with Crippen LogP contribution in [-0.2, 0) is 19.6 Å². The van der Waals surface area contributed by atoms with Crippen LogP contribution in [0.1, 0.15) is 51.9 Å². The Bertz CT molecular complexity index is 899. The van der Waals surface area contributed by atoms with Gasteiger partial charge >= 0.3 is 0 Å². The molecule has 1 aliphatic heterocycles. The molecule has 30 heavy (non-hydrogen) atoms. The zero-order chi connectivity index (χ0) is 21.9. The second-order valence-corrected chi connectivity index (χ2v) is 10.5. The summed E-state index contributed by atoms with van der Waals surface area (Å²) >= 11 is 0. The van der Waals surface area contributed by atoms with E-state index in [9.17, 15) is 22.4 Å². The second kappa shape index (κ2) is 9.01. The van der Waals surface area contributed by atoms with E-state index < -0.39 is 39.7 Å². The first kappa shape index (κ1) is 22.7. The maximum Gasteiger partial charge on any atom is 0.247 e. The van der Waals surface area contributed by atoms with Gasteiger partial charge in [0.05, 0.1) is 18.5 Å². The third kappa shape index (κ3) is 4.83. The summed E-state index contributed by atoms with van der Waals surface area (Å²) in [5, 5.41) is 3.03. The summed E-state index contributed by atoms with van der Waals surface area (Å²) < 4.78 is 39.9. The molecule has 1 aromatic rings. The minimum Gasteiger partial charge on any atom is -0.351 e. The van der Waals surface area contributed by atoms with E-state index in [2.05, 4.69) is 5.32 Å². The predicted molar refractivity (Wildman–Crippen MR) is 113 cm³/mol. The first-order chi connectivity index (χ1) is 14.1. The van der Waals surface area contributed by atoms with Crippen molar-refractivity contribution >= 4 is 27.5 Å². The highest BCUT2D eigenvalue weighted by Crippen LogP contribution is 2.32. The number of amides is 2. The van der Waals surface area contributed by atoms with Crippen molar-refractivity contribution < 1.29 is 22.4 Å². The molecule has 9 heteroatoms. The molecule has 2 fully saturated rings. The molecule has 2 aliphatic rings. The summed E-state index contributed by atoms with van der Waals surface area (Å²) in [6, 6.07) is 5.70. The van der Waals surface area contributed by atoms with Gasteiger partial charge < -0.3 is 5.32 Å². The zero-order valence-electron chi connectivity index (χ0n) is 17.6. The largest absolute Gasteiger partial charge is 0.351 e. The van der Waals surface area contributed by atoms with Crippen LogP contribution in [-0.4, -0.2) is 55.5 Å². The van der Waals surface area contributed by atoms with Gasteiger partial charge in [-0.2, -0.15) is 4.31 Å². The van der Waals surface area contributed by atoms with E-state index in [0.29, 0.717) is 0 Å². The lowest BCUT2D eigenvalue weighted by atomic mass is 9.92. The number of benzene rings is 1. The maximum absolute atomic E-state index is 14.6. The molecule has 0 bridgehead atoms. The van der Waals surface area contributed by atoms with Crippen LogP contribution in [0.15, 0.2) is 24.3 Å². The van der Waals surface area contributed by atoms with E-state index in [0.717, 1.165) is 54.0 Å². The molecule has 2 amide bonds. The summed E-state index contributed by atoms with van der Waals surface area (Å²) in [7, 11) is -3.71. The van der Waals surface area contributed by atoms with E-state index in [4.69, 9.17) is 0 Å². The minimum atomic E-state index is -3.71. The number of carbonyl (C=O) groups is 2. The average Bonchev–Trinajstić information content (AvgIpc) is 2.64. The molecule has 1 saturated carbocycles. The van der Waals surface area contributed by atoms with Crippen molar-refractivity contribution in [2.45, 2.75) is 63.5 Å². The van der Waals surface area contributed by atoms with Crippen molar-refractivity contribution in [3.8, 4) is 0 Å². The molecule has 7 nitrogen and oxygen atoms in total. The summed E-state index contributed by atoms with van der Waals surface area (Å²) in [5.74, 6) is -1.73. The topological polar surface area (TPSA) is 86.8 Å². The quantitative estimate of drug-likeness (QED) is 0.781. The SMILES string of the molecule is C[C@]1(C(=O)NC2CCCCCCC2)CN(S(C)(=O)=O)CC(=O)N1c1ccccc1F. The number of hydrogen-bond acceptors (Lipinski definition) is 4. The number of sulfonamides is 1. The van der Waals surface area contributed by atoms with Crippen LogP contribution in [0, 0.1) is 5.82 Å². The predicted octanol–water partition coefficient (Wildman–Crippen LogP) is 2.42. The van der Waals surface area contributed by atoms with Crippen LogP contribution in [0.25, 0.3) is 0 Å². The van der Waals surface area contributed by atoms with Gasteiger partial charge in [-0.05, 0) is 31.9 Å². The van der Waals surface area contributed by atoms with E-state index in [1.165, 1.54) is 31.5 Å². The van der Waals surface area contributed by atoms with Gasteiger partial charge in [0.25, 0.3) is 0 Å². The molecule has 1 aromatic carbocycles. The number of hydrogen-bond donors (Lipinski definition) is 1. The van der Waals surface area contributed by atoms with Crippen LogP contribution >= 0.6 is 0 Å². The lowest BCUT2D eigenvalue weighted by molar-refractivity contribution is -0.133. The van der Waals surface area contributed by atoms with Crippen LogP contribution in [0.5, 0.6) is 0 Å². The number of nitrogens with zero attached hydrogens (tertiary/aromatic N) is 2. The van der Waals surface area contributed by atoms with E-state index in [1.807, 2.05) is 0 Å². The fourth-order valence-corrected chi connectivity index (χ4v) is 5.18. The van der Waals surface area contributed by atoms with Crippen molar-refractivity contribution in [2.24, 2.45) is 0 Å². The Kier molecular flexibility index (Phi) is 6.81.